The van der Waals surface area contributed by atoms with E-state index >= 15 is 0 Å². The molecule has 0 spiro atoms. The Hall–Kier alpha value is -2.04. The maximum absolute atomic E-state index is 12.2. The summed E-state index contributed by atoms with van der Waals surface area (Å²) in [6, 6.07) is 7.38. The Labute approximate surface area is 119 Å². The molecule has 0 aliphatic carbocycles. The lowest BCUT2D eigenvalue weighted by Gasteiger charge is -2.19. The molecule has 1 atom stereocenters. The standard InChI is InChI=1S/C15H21N3O2/c1-3-15(2)13(19)18(14(20)17-15)10-4-5-11-6-8-12(16)9-7-11/h6-9H,3-5,10,16H2,1-2H3,(H,17,20). The highest BCUT2D eigenvalue weighted by atomic mass is 16.2. The second-order valence-corrected chi connectivity index (χ2v) is 5.42. The number of aryl methyl sites for hydroxylation is 1. The minimum Gasteiger partial charge on any atom is -0.399 e. The van der Waals surface area contributed by atoms with Crippen molar-refractivity contribution in [1.82, 2.24) is 10.2 Å². The van der Waals surface area contributed by atoms with E-state index in [9.17, 15) is 9.59 Å². The molecule has 1 aromatic carbocycles. The average molecular weight is 275 g/mol. The summed E-state index contributed by atoms with van der Waals surface area (Å²) in [4.78, 5) is 25.3. The smallest absolute Gasteiger partial charge is 0.325 e. The minimum absolute atomic E-state index is 0.123. The van der Waals surface area contributed by atoms with Gasteiger partial charge in [0, 0.05) is 12.2 Å². The predicted molar refractivity (Wildman–Crippen MR) is 78.1 cm³/mol. The van der Waals surface area contributed by atoms with Crippen LogP contribution in [0.3, 0.4) is 0 Å². The number of nitrogen functional groups attached to an aromatic ring is 1. The van der Waals surface area contributed by atoms with Crippen LogP contribution in [0.2, 0.25) is 0 Å². The first-order valence-electron chi connectivity index (χ1n) is 6.95. The molecule has 0 saturated carbocycles. The van der Waals surface area contributed by atoms with E-state index in [-0.39, 0.29) is 11.9 Å². The first kappa shape index (κ1) is 14.4. The van der Waals surface area contributed by atoms with Crippen molar-refractivity contribution in [2.24, 2.45) is 0 Å². The van der Waals surface area contributed by atoms with Crippen molar-refractivity contribution in [2.75, 3.05) is 12.3 Å². The van der Waals surface area contributed by atoms with Gasteiger partial charge in [-0.15, -0.1) is 0 Å². The maximum atomic E-state index is 12.2. The minimum atomic E-state index is -0.738. The Balaban J connectivity index is 1.90. The van der Waals surface area contributed by atoms with Gasteiger partial charge in [-0.05, 0) is 43.9 Å². The molecule has 1 aromatic rings. The fraction of sp³-hybridized carbons (Fsp3) is 0.467. The van der Waals surface area contributed by atoms with E-state index in [1.54, 1.807) is 6.92 Å². The molecule has 0 radical (unpaired) electrons. The van der Waals surface area contributed by atoms with Gasteiger partial charge in [0.1, 0.15) is 5.54 Å². The number of benzene rings is 1. The van der Waals surface area contributed by atoms with Crippen LogP contribution in [0.5, 0.6) is 0 Å². The fourth-order valence-electron chi connectivity index (χ4n) is 2.32. The van der Waals surface area contributed by atoms with E-state index < -0.39 is 5.54 Å². The number of anilines is 1. The van der Waals surface area contributed by atoms with E-state index in [4.69, 9.17) is 5.73 Å². The zero-order chi connectivity index (χ0) is 14.8. The van der Waals surface area contributed by atoms with Gasteiger partial charge in [0.25, 0.3) is 5.91 Å². The fourth-order valence-corrected chi connectivity index (χ4v) is 2.32. The van der Waals surface area contributed by atoms with Crippen LogP contribution in [-0.4, -0.2) is 28.9 Å². The number of nitrogens with two attached hydrogens (primary N) is 1. The number of imide groups is 1. The van der Waals surface area contributed by atoms with Gasteiger partial charge in [0.05, 0.1) is 0 Å². The number of carbonyl (C=O) groups excluding carboxylic acids is 2. The molecule has 0 bridgehead atoms. The largest absolute Gasteiger partial charge is 0.399 e. The Bertz CT molecular complexity index is 512. The van der Waals surface area contributed by atoms with E-state index in [0.29, 0.717) is 13.0 Å². The third-order valence-corrected chi connectivity index (χ3v) is 3.88. The van der Waals surface area contributed by atoms with E-state index in [2.05, 4.69) is 5.32 Å². The molecule has 1 unspecified atom stereocenters. The molecule has 20 heavy (non-hydrogen) atoms. The van der Waals surface area contributed by atoms with E-state index in [0.717, 1.165) is 24.1 Å². The summed E-state index contributed by atoms with van der Waals surface area (Å²) in [7, 11) is 0. The molecule has 108 valence electrons. The summed E-state index contributed by atoms with van der Waals surface area (Å²) < 4.78 is 0. The van der Waals surface area contributed by atoms with Crippen LogP contribution >= 0.6 is 0 Å². The third kappa shape index (κ3) is 2.76. The second kappa shape index (κ2) is 5.53. The van der Waals surface area contributed by atoms with Gasteiger partial charge >= 0.3 is 6.03 Å². The van der Waals surface area contributed by atoms with Crippen LogP contribution in [0.25, 0.3) is 0 Å². The first-order chi connectivity index (χ1) is 9.46. The molecule has 1 fully saturated rings. The number of urea groups is 1. The molecule has 3 N–H and O–H groups in total. The van der Waals surface area contributed by atoms with Crippen LogP contribution in [-0.2, 0) is 11.2 Å². The number of rotatable bonds is 5. The van der Waals surface area contributed by atoms with Crippen molar-refractivity contribution >= 4 is 17.6 Å². The molecule has 5 nitrogen and oxygen atoms in total. The van der Waals surface area contributed by atoms with Crippen molar-refractivity contribution in [3.05, 3.63) is 29.8 Å². The second-order valence-electron chi connectivity index (χ2n) is 5.42. The summed E-state index contributed by atoms with van der Waals surface area (Å²) in [5.41, 5.74) is 6.79. The van der Waals surface area contributed by atoms with Gasteiger partial charge < -0.3 is 11.1 Å². The number of amides is 3. The van der Waals surface area contributed by atoms with E-state index in [1.807, 2.05) is 31.2 Å². The molecule has 1 heterocycles. The Morgan fingerprint density at radius 3 is 2.45 bits per heavy atom. The van der Waals surface area contributed by atoms with Crippen LogP contribution < -0.4 is 11.1 Å². The normalized spacial score (nSPS) is 22.2. The SMILES string of the molecule is CCC1(C)NC(=O)N(CCCc2ccc(N)cc2)C1=O. The quantitative estimate of drug-likeness (QED) is 0.637. The summed E-state index contributed by atoms with van der Waals surface area (Å²) in [5.74, 6) is -0.123. The van der Waals surface area contributed by atoms with Crippen LogP contribution in [0.15, 0.2) is 24.3 Å². The monoisotopic (exact) mass is 275 g/mol. The summed E-state index contributed by atoms with van der Waals surface area (Å²) >= 11 is 0. The average Bonchev–Trinajstić information content (AvgIpc) is 2.65. The Kier molecular flexibility index (Phi) is 3.97. The highest BCUT2D eigenvalue weighted by molar-refractivity contribution is 6.06. The number of carbonyl (C=O) groups is 2. The third-order valence-electron chi connectivity index (χ3n) is 3.88. The van der Waals surface area contributed by atoms with Crippen LogP contribution in [0, 0.1) is 0 Å². The van der Waals surface area contributed by atoms with Gasteiger partial charge in [-0.25, -0.2) is 4.79 Å². The van der Waals surface area contributed by atoms with Crippen molar-refractivity contribution in [2.45, 2.75) is 38.6 Å². The summed E-state index contributed by atoms with van der Waals surface area (Å²) in [6.45, 7) is 4.12. The molecule has 1 aliphatic heterocycles. The molecule has 1 saturated heterocycles. The zero-order valence-electron chi connectivity index (χ0n) is 12.0. The number of hydrogen-bond acceptors (Lipinski definition) is 3. The maximum Gasteiger partial charge on any atom is 0.325 e. The van der Waals surface area contributed by atoms with Gasteiger partial charge in [-0.2, -0.15) is 0 Å². The lowest BCUT2D eigenvalue weighted by Crippen LogP contribution is -2.43. The van der Waals surface area contributed by atoms with Crippen molar-refractivity contribution in [3.63, 3.8) is 0 Å². The number of hydrogen-bond donors (Lipinski definition) is 2. The van der Waals surface area contributed by atoms with Crippen LogP contribution in [0.4, 0.5) is 10.5 Å². The Morgan fingerprint density at radius 2 is 1.90 bits per heavy atom. The molecule has 2 rings (SSSR count). The zero-order valence-corrected chi connectivity index (χ0v) is 12.0. The topological polar surface area (TPSA) is 75.4 Å². The van der Waals surface area contributed by atoms with Crippen molar-refractivity contribution < 1.29 is 9.59 Å². The summed E-state index contributed by atoms with van der Waals surface area (Å²) in [6.07, 6.45) is 2.18. The van der Waals surface area contributed by atoms with Gasteiger partial charge in [-0.3, -0.25) is 9.69 Å². The molecule has 5 heteroatoms. The predicted octanol–water partition coefficient (Wildman–Crippen LogP) is 1.92. The van der Waals surface area contributed by atoms with E-state index in [1.165, 1.54) is 4.90 Å². The van der Waals surface area contributed by atoms with Crippen molar-refractivity contribution in [1.29, 1.82) is 0 Å². The van der Waals surface area contributed by atoms with Crippen LogP contribution in [0.1, 0.15) is 32.3 Å². The molecule has 1 aliphatic rings. The first-order valence-corrected chi connectivity index (χ1v) is 6.95. The lowest BCUT2D eigenvalue weighted by atomic mass is 9.99. The van der Waals surface area contributed by atoms with Crippen molar-refractivity contribution in [3.8, 4) is 0 Å². The summed E-state index contributed by atoms with van der Waals surface area (Å²) in [5, 5.41) is 2.76. The molecular weight excluding hydrogens is 254 g/mol. The Morgan fingerprint density at radius 1 is 1.25 bits per heavy atom. The molecular formula is C15H21N3O2. The lowest BCUT2D eigenvalue weighted by molar-refractivity contribution is -0.130. The van der Waals surface area contributed by atoms with Gasteiger partial charge in [0.2, 0.25) is 0 Å². The molecule has 0 aromatic heterocycles. The van der Waals surface area contributed by atoms with Gasteiger partial charge in [0.15, 0.2) is 0 Å². The number of nitrogens with zero attached hydrogens (tertiary/aromatic N) is 1. The highest BCUT2D eigenvalue weighted by Gasteiger charge is 2.45. The van der Waals surface area contributed by atoms with Gasteiger partial charge in [-0.1, -0.05) is 19.1 Å². The number of nitrogens with one attached hydrogen (secondary N) is 1. The molecule has 3 amide bonds. The highest BCUT2D eigenvalue weighted by Crippen LogP contribution is 2.21.